The van der Waals surface area contributed by atoms with Gasteiger partial charge in [-0.15, -0.1) is 0 Å². The molecular weight excluding hydrogens is 244 g/mol. The van der Waals surface area contributed by atoms with E-state index in [-0.39, 0.29) is 0 Å². The van der Waals surface area contributed by atoms with Crippen LogP contribution in [0.3, 0.4) is 0 Å². The van der Waals surface area contributed by atoms with Gasteiger partial charge in [-0.1, -0.05) is 19.1 Å². The molecule has 19 heavy (non-hydrogen) atoms. The average molecular weight is 258 g/mol. The Hall–Kier alpha value is -2.61. The summed E-state index contributed by atoms with van der Waals surface area (Å²) in [4.78, 5) is 22.3. The molecule has 5 heteroatoms. The van der Waals surface area contributed by atoms with Crippen molar-refractivity contribution in [2.24, 2.45) is 0 Å². The molecule has 1 rings (SSSR count). The minimum atomic E-state index is -1.06. The van der Waals surface area contributed by atoms with Gasteiger partial charge in [-0.25, -0.2) is 4.79 Å². The molecule has 0 aliphatic carbocycles. The molecule has 0 saturated carbocycles. The van der Waals surface area contributed by atoms with Crippen LogP contribution < -0.4 is 5.32 Å². The summed E-state index contributed by atoms with van der Waals surface area (Å²) in [6, 6.07) is 7.87. The van der Waals surface area contributed by atoms with Crippen molar-refractivity contribution in [2.75, 3.05) is 0 Å². The SMILES string of the molecule is CC[C@H](NC(=O)/C=C/c1cccc(C#N)c1)C(=O)O. The molecule has 0 aliphatic heterocycles. The smallest absolute Gasteiger partial charge is 0.326 e. The molecule has 1 atom stereocenters. The molecule has 0 aliphatic rings. The minimum Gasteiger partial charge on any atom is -0.480 e. The van der Waals surface area contributed by atoms with Crippen molar-refractivity contribution in [2.45, 2.75) is 19.4 Å². The number of carbonyl (C=O) groups is 2. The number of benzene rings is 1. The molecular formula is C14H14N2O3. The van der Waals surface area contributed by atoms with Crippen molar-refractivity contribution in [1.29, 1.82) is 5.26 Å². The highest BCUT2D eigenvalue weighted by molar-refractivity contribution is 5.94. The largest absolute Gasteiger partial charge is 0.480 e. The van der Waals surface area contributed by atoms with Crippen molar-refractivity contribution in [3.63, 3.8) is 0 Å². The van der Waals surface area contributed by atoms with Crippen LogP contribution in [-0.2, 0) is 9.59 Å². The van der Waals surface area contributed by atoms with Crippen molar-refractivity contribution in [3.05, 3.63) is 41.5 Å². The fraction of sp³-hybridized carbons (Fsp3) is 0.214. The number of nitriles is 1. The molecule has 0 unspecified atom stereocenters. The van der Waals surface area contributed by atoms with Gasteiger partial charge in [0.05, 0.1) is 11.6 Å². The Kier molecular flexibility index (Phi) is 5.30. The van der Waals surface area contributed by atoms with Crippen LogP contribution in [-0.4, -0.2) is 23.0 Å². The number of nitrogens with zero attached hydrogens (tertiary/aromatic N) is 1. The van der Waals surface area contributed by atoms with E-state index in [1.807, 2.05) is 6.07 Å². The number of hydrogen-bond acceptors (Lipinski definition) is 3. The fourth-order valence-electron chi connectivity index (χ4n) is 1.44. The lowest BCUT2D eigenvalue weighted by Gasteiger charge is -2.09. The molecule has 2 N–H and O–H groups in total. The van der Waals surface area contributed by atoms with Crippen molar-refractivity contribution < 1.29 is 14.7 Å². The first-order chi connectivity index (χ1) is 9.06. The van der Waals surface area contributed by atoms with Crippen LogP contribution in [0.15, 0.2) is 30.3 Å². The molecule has 1 amide bonds. The molecule has 0 aromatic heterocycles. The maximum Gasteiger partial charge on any atom is 0.326 e. The van der Waals surface area contributed by atoms with Gasteiger partial charge in [-0.05, 0) is 30.2 Å². The topological polar surface area (TPSA) is 90.2 Å². The number of amides is 1. The Morgan fingerprint density at radius 2 is 2.26 bits per heavy atom. The maximum absolute atomic E-state index is 11.5. The fourth-order valence-corrected chi connectivity index (χ4v) is 1.44. The highest BCUT2D eigenvalue weighted by Crippen LogP contribution is 2.06. The van der Waals surface area contributed by atoms with Gasteiger partial charge in [0.25, 0.3) is 0 Å². The molecule has 0 radical (unpaired) electrons. The number of hydrogen-bond donors (Lipinski definition) is 2. The zero-order valence-corrected chi connectivity index (χ0v) is 10.5. The molecule has 0 heterocycles. The number of nitrogens with one attached hydrogen (secondary N) is 1. The van der Waals surface area contributed by atoms with E-state index in [2.05, 4.69) is 5.32 Å². The van der Waals surface area contributed by atoms with Crippen LogP contribution in [0.1, 0.15) is 24.5 Å². The molecule has 98 valence electrons. The molecule has 5 nitrogen and oxygen atoms in total. The third kappa shape index (κ3) is 4.64. The van der Waals surface area contributed by atoms with Gasteiger partial charge in [-0.2, -0.15) is 5.26 Å². The van der Waals surface area contributed by atoms with E-state index in [1.165, 1.54) is 12.2 Å². The van der Waals surface area contributed by atoms with E-state index in [0.29, 0.717) is 17.5 Å². The summed E-state index contributed by atoms with van der Waals surface area (Å²) in [5.74, 6) is -1.53. The second-order valence-corrected chi connectivity index (χ2v) is 3.88. The molecule has 1 aromatic rings. The van der Waals surface area contributed by atoms with Crippen LogP contribution in [0.25, 0.3) is 6.08 Å². The van der Waals surface area contributed by atoms with E-state index in [4.69, 9.17) is 10.4 Å². The summed E-state index contributed by atoms with van der Waals surface area (Å²) in [6.45, 7) is 1.68. The van der Waals surface area contributed by atoms with Gasteiger partial charge in [-0.3, -0.25) is 4.79 Å². The van der Waals surface area contributed by atoms with Crippen molar-refractivity contribution in [1.82, 2.24) is 5.32 Å². The number of carbonyl (C=O) groups excluding carboxylic acids is 1. The third-order valence-corrected chi connectivity index (χ3v) is 2.47. The third-order valence-electron chi connectivity index (χ3n) is 2.47. The Bertz CT molecular complexity index is 544. The molecule has 1 aromatic carbocycles. The van der Waals surface area contributed by atoms with E-state index in [1.54, 1.807) is 31.2 Å². The Morgan fingerprint density at radius 1 is 1.53 bits per heavy atom. The second-order valence-electron chi connectivity index (χ2n) is 3.88. The number of carboxylic acid groups (broad SMARTS) is 1. The number of aliphatic carboxylic acids is 1. The molecule has 0 saturated heterocycles. The highest BCUT2D eigenvalue weighted by atomic mass is 16.4. The highest BCUT2D eigenvalue weighted by Gasteiger charge is 2.15. The van der Waals surface area contributed by atoms with Crippen LogP contribution in [0, 0.1) is 11.3 Å². The predicted octanol–water partition coefficient (Wildman–Crippen LogP) is 1.55. The Balaban J connectivity index is 2.68. The quantitative estimate of drug-likeness (QED) is 0.784. The zero-order valence-electron chi connectivity index (χ0n) is 10.5. The number of carboxylic acids is 1. The van der Waals surface area contributed by atoms with Gasteiger partial charge in [0.2, 0.25) is 5.91 Å². The van der Waals surface area contributed by atoms with Gasteiger partial charge in [0, 0.05) is 6.08 Å². The van der Waals surface area contributed by atoms with E-state index < -0.39 is 17.9 Å². The van der Waals surface area contributed by atoms with Crippen LogP contribution >= 0.6 is 0 Å². The van der Waals surface area contributed by atoms with Gasteiger partial charge < -0.3 is 10.4 Å². The summed E-state index contributed by atoms with van der Waals surface area (Å²) in [5, 5.41) is 19.9. The maximum atomic E-state index is 11.5. The standard InChI is InChI=1S/C14H14N2O3/c1-2-12(14(18)19)16-13(17)7-6-10-4-3-5-11(8-10)9-15/h3-8,12H,2H2,1H3,(H,16,17)(H,18,19)/b7-6+/t12-/m0/s1. The minimum absolute atomic E-state index is 0.318. The normalized spacial score (nSPS) is 11.8. The summed E-state index contributed by atoms with van der Waals surface area (Å²) in [5.41, 5.74) is 1.21. The lowest BCUT2D eigenvalue weighted by atomic mass is 10.1. The summed E-state index contributed by atoms with van der Waals surface area (Å²) < 4.78 is 0. The first kappa shape index (κ1) is 14.5. The average Bonchev–Trinajstić information content (AvgIpc) is 2.42. The lowest BCUT2D eigenvalue weighted by Crippen LogP contribution is -2.39. The van der Waals surface area contributed by atoms with E-state index >= 15 is 0 Å². The zero-order chi connectivity index (χ0) is 14.3. The van der Waals surface area contributed by atoms with Gasteiger partial charge in [0.1, 0.15) is 6.04 Å². The van der Waals surface area contributed by atoms with Crippen LogP contribution in [0.2, 0.25) is 0 Å². The van der Waals surface area contributed by atoms with Crippen molar-refractivity contribution >= 4 is 18.0 Å². The molecule has 0 spiro atoms. The van der Waals surface area contributed by atoms with E-state index in [0.717, 1.165) is 0 Å². The van der Waals surface area contributed by atoms with Crippen LogP contribution in [0.4, 0.5) is 0 Å². The first-order valence-corrected chi connectivity index (χ1v) is 5.78. The van der Waals surface area contributed by atoms with Gasteiger partial charge >= 0.3 is 5.97 Å². The lowest BCUT2D eigenvalue weighted by molar-refractivity contribution is -0.141. The predicted molar refractivity (Wildman–Crippen MR) is 70.0 cm³/mol. The second kappa shape index (κ2) is 6.97. The van der Waals surface area contributed by atoms with Crippen molar-refractivity contribution in [3.8, 4) is 6.07 Å². The van der Waals surface area contributed by atoms with Crippen LogP contribution in [0.5, 0.6) is 0 Å². The number of rotatable bonds is 5. The summed E-state index contributed by atoms with van der Waals surface area (Å²) in [7, 11) is 0. The Labute approximate surface area is 111 Å². The monoisotopic (exact) mass is 258 g/mol. The molecule has 0 bridgehead atoms. The molecule has 0 fully saturated rings. The summed E-state index contributed by atoms with van der Waals surface area (Å²) >= 11 is 0. The van der Waals surface area contributed by atoms with E-state index in [9.17, 15) is 9.59 Å². The summed E-state index contributed by atoms with van der Waals surface area (Å²) in [6.07, 6.45) is 3.10. The Morgan fingerprint density at radius 3 is 2.84 bits per heavy atom. The first-order valence-electron chi connectivity index (χ1n) is 5.78. The van der Waals surface area contributed by atoms with Gasteiger partial charge in [0.15, 0.2) is 0 Å².